The number of thioether (sulfide) groups is 1. The number of benzene rings is 1. The number of anilines is 2. The van der Waals surface area contributed by atoms with E-state index in [1.807, 2.05) is 16.4 Å². The molecule has 40 heavy (non-hydrogen) atoms. The van der Waals surface area contributed by atoms with Crippen LogP contribution in [0.4, 0.5) is 19.7 Å². The van der Waals surface area contributed by atoms with Crippen molar-refractivity contribution in [2.24, 2.45) is 0 Å². The van der Waals surface area contributed by atoms with E-state index in [9.17, 15) is 17.8 Å². The van der Waals surface area contributed by atoms with Crippen molar-refractivity contribution in [1.29, 1.82) is 0 Å². The largest absolute Gasteiger partial charge is 0.382 e. The van der Waals surface area contributed by atoms with Gasteiger partial charge in [-0.15, -0.1) is 11.8 Å². The highest BCUT2D eigenvalue weighted by Gasteiger charge is 2.27. The summed E-state index contributed by atoms with van der Waals surface area (Å²) in [6.45, 7) is 5.68. The van der Waals surface area contributed by atoms with Gasteiger partial charge in [-0.1, -0.05) is 17.4 Å². The number of ether oxygens (including phenoxy) is 1. The lowest BCUT2D eigenvalue weighted by atomic mass is 10.1. The number of nitrogen functional groups attached to an aromatic ring is 1. The molecular weight excluding hydrogens is 579 g/mol. The molecule has 5 rings (SSSR count). The van der Waals surface area contributed by atoms with Gasteiger partial charge in [0.05, 0.1) is 28.7 Å². The van der Waals surface area contributed by atoms with Gasteiger partial charge < -0.3 is 15.8 Å². The third-order valence-corrected chi connectivity index (χ3v) is 10.1. The lowest BCUT2D eigenvalue weighted by Crippen LogP contribution is -2.40. The van der Waals surface area contributed by atoms with Crippen LogP contribution in [-0.2, 0) is 15.7 Å². The highest BCUT2D eigenvalue weighted by molar-refractivity contribution is 7.99. The van der Waals surface area contributed by atoms with Crippen molar-refractivity contribution in [2.45, 2.75) is 28.8 Å². The van der Waals surface area contributed by atoms with Gasteiger partial charge in [-0.2, -0.15) is 0 Å². The quantitative estimate of drug-likeness (QED) is 0.263. The number of halogens is 2. The van der Waals surface area contributed by atoms with Crippen LogP contribution < -0.4 is 11.1 Å². The second kappa shape index (κ2) is 13.4. The number of aromatic nitrogens is 2. The summed E-state index contributed by atoms with van der Waals surface area (Å²) in [5.41, 5.74) is 5.27. The van der Waals surface area contributed by atoms with Crippen LogP contribution in [0.1, 0.15) is 28.1 Å². The Morgan fingerprint density at radius 1 is 1.15 bits per heavy atom. The third-order valence-electron chi connectivity index (χ3n) is 6.74. The van der Waals surface area contributed by atoms with Gasteiger partial charge in [0.2, 0.25) is 5.78 Å². The van der Waals surface area contributed by atoms with E-state index in [0.29, 0.717) is 36.0 Å². The maximum atomic E-state index is 14.1. The summed E-state index contributed by atoms with van der Waals surface area (Å²) in [7, 11) is -1.32. The van der Waals surface area contributed by atoms with Crippen molar-refractivity contribution in [3.63, 3.8) is 0 Å². The Kier molecular flexibility index (Phi) is 9.76. The van der Waals surface area contributed by atoms with Gasteiger partial charge in [0.15, 0.2) is 5.13 Å². The molecule has 0 aliphatic carbocycles. The highest BCUT2D eigenvalue weighted by atomic mass is 32.2. The molecule has 1 unspecified atom stereocenters. The van der Waals surface area contributed by atoms with Crippen LogP contribution in [-0.4, -0.2) is 86.9 Å². The number of pyridine rings is 1. The smallest absolute Gasteiger partial charge is 0.212 e. The molecule has 0 radical (unpaired) electrons. The summed E-state index contributed by atoms with van der Waals surface area (Å²) in [5, 5.41) is 4.58. The molecule has 2 aliphatic rings. The fourth-order valence-electron chi connectivity index (χ4n) is 4.53. The first kappa shape index (κ1) is 29.0. The Morgan fingerprint density at radius 2 is 1.88 bits per heavy atom. The van der Waals surface area contributed by atoms with E-state index in [1.165, 1.54) is 6.07 Å². The number of hydrogen-bond donors (Lipinski definition) is 2. The zero-order valence-electron chi connectivity index (χ0n) is 21.7. The molecule has 9 nitrogen and oxygen atoms in total. The van der Waals surface area contributed by atoms with Crippen molar-refractivity contribution in [3.8, 4) is 0 Å². The second-order valence-corrected chi connectivity index (χ2v) is 13.0. The minimum atomic E-state index is -1.32. The molecule has 4 heterocycles. The minimum absolute atomic E-state index is 0.0137. The Morgan fingerprint density at radius 3 is 2.55 bits per heavy atom. The maximum Gasteiger partial charge on any atom is 0.212 e. The minimum Gasteiger partial charge on any atom is -0.382 e. The standard InChI is InChI=1S/C26H30F2N6O3S3/c27-19-2-1-3-20(28)22(19)23(35)24-25(29)32-26(39-24)31-17-6-8-34(9-7-17)40(36)18-4-5-21(30-16-18)38-15-12-33-10-13-37-14-11-33/h1-5,16-17H,6-15,29H2,(H,31,32). The first-order valence-corrected chi connectivity index (χ1v) is 15.9. The van der Waals surface area contributed by atoms with Crippen molar-refractivity contribution >= 4 is 50.8 Å². The summed E-state index contributed by atoms with van der Waals surface area (Å²) in [5.74, 6) is -1.86. The summed E-state index contributed by atoms with van der Waals surface area (Å²) in [6, 6.07) is 7.08. The Hall–Kier alpha value is -2.49. The SMILES string of the molecule is Nc1nc(NC2CCN(S(=O)c3ccc(SCCN4CCOCC4)nc3)CC2)sc1C(=O)c1c(F)cccc1F. The van der Waals surface area contributed by atoms with Crippen LogP contribution in [0.15, 0.2) is 46.5 Å². The van der Waals surface area contributed by atoms with Crippen molar-refractivity contribution in [3.05, 3.63) is 58.6 Å². The number of hydrogen-bond acceptors (Lipinski definition) is 10. The monoisotopic (exact) mass is 608 g/mol. The van der Waals surface area contributed by atoms with Crippen molar-refractivity contribution in [1.82, 2.24) is 19.2 Å². The topological polar surface area (TPSA) is 114 Å². The number of thiazole rings is 1. The van der Waals surface area contributed by atoms with Gasteiger partial charge in [-0.25, -0.2) is 27.3 Å². The normalized spacial score (nSPS) is 18.1. The molecule has 2 saturated heterocycles. The number of nitrogens with two attached hydrogens (primary N) is 1. The van der Waals surface area contributed by atoms with Gasteiger partial charge >= 0.3 is 0 Å². The Bertz CT molecular complexity index is 1330. The number of carbonyl (C=O) groups is 1. The van der Waals surface area contributed by atoms with Crippen LogP contribution in [0.5, 0.6) is 0 Å². The first-order valence-electron chi connectivity index (χ1n) is 13.0. The average Bonchev–Trinajstić information content (AvgIpc) is 3.33. The molecule has 2 aliphatic heterocycles. The first-order chi connectivity index (χ1) is 19.4. The fourth-order valence-corrected chi connectivity index (χ4v) is 7.46. The van der Waals surface area contributed by atoms with E-state index in [4.69, 9.17) is 10.5 Å². The molecule has 0 amide bonds. The van der Waals surface area contributed by atoms with Crippen LogP contribution in [0.2, 0.25) is 0 Å². The van der Waals surface area contributed by atoms with Crippen molar-refractivity contribution in [2.75, 3.05) is 62.7 Å². The van der Waals surface area contributed by atoms with E-state index < -0.39 is 34.0 Å². The molecule has 1 aromatic carbocycles. The Labute approximate surface area is 242 Å². The van der Waals surface area contributed by atoms with E-state index in [-0.39, 0.29) is 16.7 Å². The molecule has 214 valence electrons. The molecule has 0 bridgehead atoms. The number of nitrogens with one attached hydrogen (secondary N) is 1. The maximum absolute atomic E-state index is 14.1. The molecule has 14 heteroatoms. The Balaban J connectivity index is 1.10. The van der Waals surface area contributed by atoms with Gasteiger partial charge in [-0.3, -0.25) is 9.69 Å². The van der Waals surface area contributed by atoms with Crippen LogP contribution in [0.25, 0.3) is 0 Å². The summed E-state index contributed by atoms with van der Waals surface area (Å²) >= 11 is 2.66. The van der Waals surface area contributed by atoms with Crippen molar-refractivity contribution < 1.29 is 22.5 Å². The molecule has 2 aromatic heterocycles. The van der Waals surface area contributed by atoms with Gasteiger partial charge in [-0.05, 0) is 37.1 Å². The lowest BCUT2D eigenvalue weighted by molar-refractivity contribution is 0.0410. The molecule has 3 N–H and O–H groups in total. The van der Waals surface area contributed by atoms with E-state index >= 15 is 0 Å². The highest BCUT2D eigenvalue weighted by Crippen LogP contribution is 2.31. The number of nitrogens with zero attached hydrogens (tertiary/aromatic N) is 4. The number of ketones is 1. The fraction of sp³-hybridized carbons (Fsp3) is 0.423. The number of rotatable bonds is 10. The summed E-state index contributed by atoms with van der Waals surface area (Å²) in [6.07, 6.45) is 3.07. The molecule has 2 fully saturated rings. The van der Waals surface area contributed by atoms with Crippen LogP contribution >= 0.6 is 23.1 Å². The number of carbonyl (C=O) groups excluding carboxylic acids is 1. The predicted octanol–water partition coefficient (Wildman–Crippen LogP) is 3.65. The molecule has 0 spiro atoms. The van der Waals surface area contributed by atoms with E-state index in [2.05, 4.69) is 20.2 Å². The number of morpholine rings is 1. The molecule has 1 atom stereocenters. The van der Waals surface area contributed by atoms with E-state index in [0.717, 1.165) is 67.1 Å². The zero-order chi connectivity index (χ0) is 28.1. The molecule has 0 saturated carbocycles. The molecule has 3 aromatic rings. The van der Waals surface area contributed by atoms with Gasteiger partial charge in [0.25, 0.3) is 0 Å². The second-order valence-electron chi connectivity index (χ2n) is 9.39. The van der Waals surface area contributed by atoms with Gasteiger partial charge in [0.1, 0.15) is 33.3 Å². The van der Waals surface area contributed by atoms with Crippen LogP contribution in [0.3, 0.4) is 0 Å². The average molecular weight is 609 g/mol. The number of piperidine rings is 1. The van der Waals surface area contributed by atoms with Crippen LogP contribution in [0, 0.1) is 11.6 Å². The predicted molar refractivity (Wildman–Crippen MR) is 153 cm³/mol. The van der Waals surface area contributed by atoms with Gasteiger partial charge in [0, 0.05) is 50.7 Å². The van der Waals surface area contributed by atoms with E-state index in [1.54, 1.807) is 18.0 Å². The zero-order valence-corrected chi connectivity index (χ0v) is 24.1. The molecular formula is C26H30F2N6O3S3. The summed E-state index contributed by atoms with van der Waals surface area (Å²) < 4.78 is 48.6. The third kappa shape index (κ3) is 7.04. The lowest BCUT2D eigenvalue weighted by Gasteiger charge is -2.31. The summed E-state index contributed by atoms with van der Waals surface area (Å²) in [4.78, 5) is 24.5.